The number of aliphatic hydroxyl groups is 1. The number of furan rings is 1. The van der Waals surface area contributed by atoms with Crippen molar-refractivity contribution in [2.45, 2.75) is 44.4 Å². The van der Waals surface area contributed by atoms with Gasteiger partial charge in [0.25, 0.3) is 0 Å². The molecule has 0 unspecified atom stereocenters. The highest BCUT2D eigenvalue weighted by molar-refractivity contribution is 5.45. The third kappa shape index (κ3) is 3.28. The molecule has 0 spiro atoms. The minimum Gasteiger partial charge on any atom is -0.468 e. The van der Waals surface area contributed by atoms with Gasteiger partial charge in [-0.15, -0.1) is 0 Å². The lowest BCUT2D eigenvalue weighted by atomic mass is 10.1. The van der Waals surface area contributed by atoms with Crippen LogP contribution in [0.1, 0.15) is 43.1 Å². The Labute approximate surface area is 141 Å². The summed E-state index contributed by atoms with van der Waals surface area (Å²) in [5.41, 5.74) is 0.863. The molecule has 2 aliphatic rings. The maximum Gasteiger partial charge on any atom is 0.231 e. The van der Waals surface area contributed by atoms with Crippen LogP contribution in [0.2, 0.25) is 0 Å². The van der Waals surface area contributed by atoms with Crippen LogP contribution in [0.3, 0.4) is 0 Å². The van der Waals surface area contributed by atoms with E-state index >= 15 is 0 Å². The largest absolute Gasteiger partial charge is 0.468 e. The van der Waals surface area contributed by atoms with Crippen molar-refractivity contribution in [1.82, 2.24) is 4.90 Å². The standard InChI is InChI=1S/C19H23NO4/c21-17(14-7-8-18-19(10-14)24-13-23-18)12-20(15-4-1-2-5-15)11-16-6-3-9-22-16/h3,6-10,15,17,21H,1-2,4-5,11-13H2/t17-/m1/s1. The first-order valence-electron chi connectivity index (χ1n) is 8.63. The van der Waals surface area contributed by atoms with Crippen molar-refractivity contribution in [1.29, 1.82) is 0 Å². The highest BCUT2D eigenvalue weighted by Gasteiger charge is 2.26. The minimum atomic E-state index is -0.560. The summed E-state index contributed by atoms with van der Waals surface area (Å²) in [6, 6.07) is 10.1. The molecule has 1 saturated carbocycles. The average molecular weight is 329 g/mol. The molecule has 0 saturated heterocycles. The summed E-state index contributed by atoms with van der Waals surface area (Å²) in [6.45, 7) is 1.58. The molecule has 2 aromatic rings. The Morgan fingerprint density at radius 3 is 2.75 bits per heavy atom. The molecule has 4 rings (SSSR count). The van der Waals surface area contributed by atoms with E-state index in [2.05, 4.69) is 4.90 Å². The third-order valence-corrected chi connectivity index (χ3v) is 4.97. The van der Waals surface area contributed by atoms with Gasteiger partial charge in [0.05, 0.1) is 18.9 Å². The SMILES string of the molecule is O[C@H](CN(Cc1ccco1)C1CCCC1)c1ccc2c(c1)OCO2. The third-order valence-electron chi connectivity index (χ3n) is 4.97. The molecule has 2 heterocycles. The molecule has 1 N–H and O–H groups in total. The fraction of sp³-hybridized carbons (Fsp3) is 0.474. The fourth-order valence-corrected chi connectivity index (χ4v) is 3.66. The number of rotatable bonds is 6. The zero-order valence-corrected chi connectivity index (χ0v) is 13.7. The highest BCUT2D eigenvalue weighted by Crippen LogP contribution is 2.35. The normalized spacial score (nSPS) is 18.4. The van der Waals surface area contributed by atoms with Gasteiger partial charge < -0.3 is 19.0 Å². The van der Waals surface area contributed by atoms with Gasteiger partial charge in [0, 0.05) is 12.6 Å². The van der Waals surface area contributed by atoms with E-state index in [9.17, 15) is 5.11 Å². The zero-order chi connectivity index (χ0) is 16.4. The van der Waals surface area contributed by atoms with E-state index in [0.717, 1.165) is 23.6 Å². The van der Waals surface area contributed by atoms with E-state index in [0.29, 0.717) is 18.3 Å². The molecule has 1 aromatic carbocycles. The van der Waals surface area contributed by atoms with Crippen molar-refractivity contribution >= 4 is 0 Å². The van der Waals surface area contributed by atoms with Gasteiger partial charge in [-0.1, -0.05) is 18.9 Å². The monoisotopic (exact) mass is 329 g/mol. The lowest BCUT2D eigenvalue weighted by Gasteiger charge is -2.30. The summed E-state index contributed by atoms with van der Waals surface area (Å²) >= 11 is 0. The number of hydrogen-bond acceptors (Lipinski definition) is 5. The molecule has 0 amide bonds. The van der Waals surface area contributed by atoms with E-state index in [4.69, 9.17) is 13.9 Å². The molecule has 1 atom stereocenters. The fourth-order valence-electron chi connectivity index (χ4n) is 3.66. The van der Waals surface area contributed by atoms with Crippen LogP contribution >= 0.6 is 0 Å². The predicted molar refractivity (Wildman–Crippen MR) is 88.9 cm³/mol. The summed E-state index contributed by atoms with van der Waals surface area (Å²) in [4.78, 5) is 2.35. The van der Waals surface area contributed by atoms with E-state index in [1.54, 1.807) is 6.26 Å². The smallest absolute Gasteiger partial charge is 0.231 e. The molecule has 5 heteroatoms. The molecule has 5 nitrogen and oxygen atoms in total. The molecule has 0 bridgehead atoms. The Balaban J connectivity index is 1.48. The maximum absolute atomic E-state index is 10.7. The summed E-state index contributed by atoms with van der Waals surface area (Å²) < 4.78 is 16.3. The van der Waals surface area contributed by atoms with E-state index in [1.807, 2.05) is 30.3 Å². The minimum absolute atomic E-state index is 0.252. The van der Waals surface area contributed by atoms with Crippen molar-refractivity contribution in [3.8, 4) is 11.5 Å². The summed E-state index contributed by atoms with van der Waals surface area (Å²) in [7, 11) is 0. The molecule has 1 aromatic heterocycles. The molecular weight excluding hydrogens is 306 g/mol. The quantitative estimate of drug-likeness (QED) is 0.879. The number of ether oxygens (including phenoxy) is 2. The number of aliphatic hydroxyl groups excluding tert-OH is 1. The van der Waals surface area contributed by atoms with Gasteiger partial charge in [-0.05, 0) is 42.7 Å². The van der Waals surface area contributed by atoms with Crippen LogP contribution in [0, 0.1) is 0 Å². The van der Waals surface area contributed by atoms with E-state index in [-0.39, 0.29) is 6.79 Å². The van der Waals surface area contributed by atoms with Crippen LogP contribution in [0.15, 0.2) is 41.0 Å². The van der Waals surface area contributed by atoms with Crippen LogP contribution in [0.25, 0.3) is 0 Å². The van der Waals surface area contributed by atoms with Gasteiger partial charge in [0.1, 0.15) is 5.76 Å². The van der Waals surface area contributed by atoms with Gasteiger partial charge in [0.15, 0.2) is 11.5 Å². The van der Waals surface area contributed by atoms with Crippen LogP contribution in [0.5, 0.6) is 11.5 Å². The maximum atomic E-state index is 10.7. The van der Waals surface area contributed by atoms with Crippen LogP contribution < -0.4 is 9.47 Å². The van der Waals surface area contributed by atoms with Gasteiger partial charge in [0.2, 0.25) is 6.79 Å². The van der Waals surface area contributed by atoms with E-state index < -0.39 is 6.10 Å². The van der Waals surface area contributed by atoms with Crippen molar-refractivity contribution in [3.63, 3.8) is 0 Å². The first kappa shape index (κ1) is 15.5. The Hall–Kier alpha value is -1.98. The Morgan fingerprint density at radius 2 is 1.96 bits per heavy atom. The topological polar surface area (TPSA) is 55.1 Å². The summed E-state index contributed by atoms with van der Waals surface area (Å²) in [5, 5.41) is 10.7. The first-order chi connectivity index (χ1) is 11.8. The molecule has 1 aliphatic carbocycles. The van der Waals surface area contributed by atoms with Crippen molar-refractivity contribution < 1.29 is 19.0 Å². The Bertz CT molecular complexity index is 664. The van der Waals surface area contributed by atoms with Gasteiger partial charge >= 0.3 is 0 Å². The lowest BCUT2D eigenvalue weighted by molar-refractivity contribution is 0.0778. The highest BCUT2D eigenvalue weighted by atomic mass is 16.7. The van der Waals surface area contributed by atoms with Crippen LogP contribution in [-0.2, 0) is 6.54 Å². The van der Waals surface area contributed by atoms with Gasteiger partial charge in [-0.2, -0.15) is 0 Å². The molecule has 0 radical (unpaired) electrons. The number of nitrogens with zero attached hydrogens (tertiary/aromatic N) is 1. The van der Waals surface area contributed by atoms with Crippen LogP contribution in [0.4, 0.5) is 0 Å². The molecule has 1 aliphatic heterocycles. The van der Waals surface area contributed by atoms with Crippen molar-refractivity contribution in [2.24, 2.45) is 0 Å². The van der Waals surface area contributed by atoms with Gasteiger partial charge in [-0.3, -0.25) is 4.90 Å². The number of hydrogen-bond donors (Lipinski definition) is 1. The number of benzene rings is 1. The van der Waals surface area contributed by atoms with Crippen molar-refractivity contribution in [3.05, 3.63) is 47.9 Å². The molecule has 128 valence electrons. The second kappa shape index (κ2) is 6.87. The molecular formula is C19H23NO4. The second-order valence-electron chi connectivity index (χ2n) is 6.58. The van der Waals surface area contributed by atoms with Gasteiger partial charge in [-0.25, -0.2) is 0 Å². The number of fused-ring (bicyclic) bond motifs is 1. The second-order valence-corrected chi connectivity index (χ2v) is 6.58. The lowest BCUT2D eigenvalue weighted by Crippen LogP contribution is -2.36. The first-order valence-corrected chi connectivity index (χ1v) is 8.63. The molecule has 1 fully saturated rings. The predicted octanol–water partition coefficient (Wildman–Crippen LogP) is 3.49. The van der Waals surface area contributed by atoms with Crippen LogP contribution in [-0.4, -0.2) is 29.4 Å². The van der Waals surface area contributed by atoms with Crippen molar-refractivity contribution in [2.75, 3.05) is 13.3 Å². The Kier molecular flexibility index (Phi) is 4.45. The molecule has 24 heavy (non-hydrogen) atoms. The summed E-state index contributed by atoms with van der Waals surface area (Å²) in [5.74, 6) is 2.40. The average Bonchev–Trinajstić information content (AvgIpc) is 3.34. The summed E-state index contributed by atoms with van der Waals surface area (Å²) in [6.07, 6.45) is 6.05. The van der Waals surface area contributed by atoms with E-state index in [1.165, 1.54) is 25.7 Å². The Morgan fingerprint density at radius 1 is 1.12 bits per heavy atom. The zero-order valence-electron chi connectivity index (χ0n) is 13.7.